The monoisotopic (exact) mass is 1320 g/mol. The van der Waals surface area contributed by atoms with E-state index in [1.54, 1.807) is 0 Å². The Morgan fingerprint density at radius 3 is 0.656 bits per heavy atom. The number of esters is 4. The van der Waals surface area contributed by atoms with Crippen LogP contribution < -0.4 is 0 Å². The summed E-state index contributed by atoms with van der Waals surface area (Å²) in [7, 11) is -9.89. The molecule has 0 saturated heterocycles. The third-order valence-electron chi connectivity index (χ3n) is 16.6. The Morgan fingerprint density at radius 2 is 0.444 bits per heavy atom. The fraction of sp³-hybridized carbons (Fsp3) is 0.944. The number of hydrogen-bond donors (Lipinski definition) is 3. The largest absolute Gasteiger partial charge is 0.472 e. The van der Waals surface area contributed by atoms with Crippen molar-refractivity contribution in [2.45, 2.75) is 393 Å². The van der Waals surface area contributed by atoms with Crippen molar-refractivity contribution in [1.29, 1.82) is 0 Å². The van der Waals surface area contributed by atoms with Gasteiger partial charge in [0.25, 0.3) is 0 Å². The normalized spacial score (nSPS) is 14.0. The Morgan fingerprint density at radius 1 is 0.267 bits per heavy atom. The smallest absolute Gasteiger partial charge is 0.462 e. The highest BCUT2D eigenvalue weighted by Gasteiger charge is 2.30. The third kappa shape index (κ3) is 64.8. The van der Waals surface area contributed by atoms with E-state index >= 15 is 0 Å². The molecule has 0 aromatic rings. The number of aliphatic hydroxyl groups excluding tert-OH is 1. The lowest BCUT2D eigenvalue weighted by molar-refractivity contribution is -0.161. The SMILES string of the molecule is CCCCCCCCCCCCCCCCCCCCCCC(=O)O[C@H](COC(=O)CCCCCCCCCCCCC)COP(=O)(O)OC[C@@H](O)COP(=O)(O)OC[C@@H](COC(=O)CCCCCCCCCCC)OC(=O)CCCCCCCCCCCC. The van der Waals surface area contributed by atoms with E-state index in [9.17, 15) is 43.2 Å². The van der Waals surface area contributed by atoms with Crippen LogP contribution in [0.5, 0.6) is 0 Å². The number of rotatable bonds is 72. The van der Waals surface area contributed by atoms with Crippen LogP contribution >= 0.6 is 15.6 Å². The molecule has 0 heterocycles. The van der Waals surface area contributed by atoms with Crippen LogP contribution in [0.25, 0.3) is 0 Å². The third-order valence-corrected chi connectivity index (χ3v) is 18.5. The second-order valence-electron chi connectivity index (χ2n) is 25.6. The zero-order valence-electron chi connectivity index (χ0n) is 58.1. The molecule has 2 unspecified atom stereocenters. The van der Waals surface area contributed by atoms with E-state index in [4.69, 9.17) is 37.0 Å². The fourth-order valence-corrected chi connectivity index (χ4v) is 12.4. The van der Waals surface area contributed by atoms with Crippen molar-refractivity contribution in [2.24, 2.45) is 0 Å². The molecule has 0 bridgehead atoms. The van der Waals surface area contributed by atoms with Gasteiger partial charge in [-0.05, 0) is 25.7 Å². The van der Waals surface area contributed by atoms with E-state index in [1.165, 1.54) is 205 Å². The quantitative estimate of drug-likeness (QED) is 0.0222. The van der Waals surface area contributed by atoms with Gasteiger partial charge in [-0.15, -0.1) is 0 Å². The van der Waals surface area contributed by atoms with Crippen molar-refractivity contribution in [1.82, 2.24) is 0 Å². The van der Waals surface area contributed by atoms with E-state index in [1.807, 2.05) is 0 Å². The number of phosphoric acid groups is 2. The highest BCUT2D eigenvalue weighted by molar-refractivity contribution is 7.47. The van der Waals surface area contributed by atoms with Crippen LogP contribution in [0.2, 0.25) is 0 Å². The van der Waals surface area contributed by atoms with E-state index in [0.717, 1.165) is 89.9 Å². The van der Waals surface area contributed by atoms with Crippen molar-refractivity contribution >= 4 is 39.5 Å². The van der Waals surface area contributed by atoms with Gasteiger partial charge in [0, 0.05) is 25.7 Å². The molecule has 0 aromatic carbocycles. The number of aliphatic hydroxyl groups is 1. The van der Waals surface area contributed by atoms with Crippen molar-refractivity contribution in [3.8, 4) is 0 Å². The average molecular weight is 1330 g/mol. The summed E-state index contributed by atoms with van der Waals surface area (Å²) >= 11 is 0. The van der Waals surface area contributed by atoms with E-state index < -0.39 is 97.5 Å². The van der Waals surface area contributed by atoms with Gasteiger partial charge in [0.05, 0.1) is 26.4 Å². The van der Waals surface area contributed by atoms with Crippen LogP contribution in [0.4, 0.5) is 0 Å². The molecule has 0 aliphatic rings. The van der Waals surface area contributed by atoms with Crippen molar-refractivity contribution in [3.05, 3.63) is 0 Å². The van der Waals surface area contributed by atoms with Gasteiger partial charge in [0.1, 0.15) is 19.3 Å². The minimum atomic E-state index is -4.95. The molecule has 0 radical (unpaired) electrons. The van der Waals surface area contributed by atoms with Crippen molar-refractivity contribution in [3.63, 3.8) is 0 Å². The Bertz CT molecular complexity index is 1720. The molecule has 0 saturated carbocycles. The number of carbonyl (C=O) groups excluding carboxylic acids is 4. The van der Waals surface area contributed by atoms with Gasteiger partial charge >= 0.3 is 39.5 Å². The molecule has 0 spiro atoms. The summed E-state index contributed by atoms with van der Waals surface area (Å²) in [6.07, 6.45) is 54.1. The molecule has 0 rings (SSSR count). The Labute approximate surface area is 549 Å². The van der Waals surface area contributed by atoms with E-state index in [2.05, 4.69) is 27.7 Å². The van der Waals surface area contributed by atoms with Crippen LogP contribution in [0.15, 0.2) is 0 Å². The second-order valence-corrected chi connectivity index (χ2v) is 28.5. The lowest BCUT2D eigenvalue weighted by atomic mass is 10.0. The van der Waals surface area contributed by atoms with Gasteiger partial charge < -0.3 is 33.8 Å². The Balaban J connectivity index is 5.16. The van der Waals surface area contributed by atoms with Gasteiger partial charge in [-0.25, -0.2) is 9.13 Å². The van der Waals surface area contributed by atoms with Crippen molar-refractivity contribution < 1.29 is 80.2 Å². The predicted molar refractivity (Wildman–Crippen MR) is 363 cm³/mol. The Kier molecular flexibility index (Phi) is 64.3. The lowest BCUT2D eigenvalue weighted by Gasteiger charge is -2.21. The van der Waals surface area contributed by atoms with Crippen LogP contribution in [0.1, 0.15) is 374 Å². The van der Waals surface area contributed by atoms with Gasteiger partial charge in [-0.2, -0.15) is 0 Å². The zero-order chi connectivity index (χ0) is 66.1. The summed E-state index contributed by atoms with van der Waals surface area (Å²) in [5, 5.41) is 10.6. The summed E-state index contributed by atoms with van der Waals surface area (Å²) in [6, 6.07) is 0. The van der Waals surface area contributed by atoms with Crippen LogP contribution in [-0.2, 0) is 65.4 Å². The highest BCUT2D eigenvalue weighted by Crippen LogP contribution is 2.45. The maximum Gasteiger partial charge on any atom is 0.472 e. The first-order valence-electron chi connectivity index (χ1n) is 37.3. The average Bonchev–Trinajstić information content (AvgIpc) is 3.30. The maximum atomic E-state index is 13.0. The molecule has 0 fully saturated rings. The van der Waals surface area contributed by atoms with Crippen molar-refractivity contribution in [2.75, 3.05) is 39.6 Å². The molecule has 5 atom stereocenters. The van der Waals surface area contributed by atoms with E-state index in [-0.39, 0.29) is 25.7 Å². The Hall–Kier alpha value is -1.94. The summed E-state index contributed by atoms with van der Waals surface area (Å²) < 4.78 is 68.2. The standard InChI is InChI=1S/C71H138O17P2/c1-5-9-13-17-21-25-28-29-30-31-32-33-34-35-36-38-42-46-50-54-58-71(76)88-67(62-82-69(74)56-52-48-44-41-37-26-22-18-14-10-6-2)64-86-90(79,80)84-60-65(72)59-83-89(77,78)85-63-66(61-81-68(73)55-51-47-43-39-24-20-16-12-8-4)87-70(75)57-53-49-45-40-27-23-19-15-11-7-3/h65-67,72H,5-64H2,1-4H3,(H,77,78)(H,79,80)/t65-,66+,67+/m0/s1. The molecule has 0 aliphatic carbocycles. The molecule has 19 heteroatoms. The van der Waals surface area contributed by atoms with Gasteiger partial charge in [-0.1, -0.05) is 323 Å². The topological polar surface area (TPSA) is 237 Å². The minimum Gasteiger partial charge on any atom is -0.462 e. The van der Waals surface area contributed by atoms with E-state index in [0.29, 0.717) is 25.7 Å². The highest BCUT2D eigenvalue weighted by atomic mass is 31.2. The molecule has 0 amide bonds. The molecule has 534 valence electrons. The minimum absolute atomic E-state index is 0.107. The number of carbonyl (C=O) groups is 4. The molecular weight excluding hydrogens is 1190 g/mol. The van der Waals surface area contributed by atoms with Crippen LogP contribution in [0.3, 0.4) is 0 Å². The molecule has 0 aromatic heterocycles. The predicted octanol–water partition coefficient (Wildman–Crippen LogP) is 20.7. The van der Waals surface area contributed by atoms with Gasteiger partial charge in [0.15, 0.2) is 12.2 Å². The molecule has 90 heavy (non-hydrogen) atoms. The van der Waals surface area contributed by atoms with Crippen LogP contribution in [-0.4, -0.2) is 96.7 Å². The number of hydrogen-bond acceptors (Lipinski definition) is 15. The summed E-state index contributed by atoms with van der Waals surface area (Å²) in [5.41, 5.74) is 0. The molecule has 0 aliphatic heterocycles. The zero-order valence-corrected chi connectivity index (χ0v) is 59.9. The van der Waals surface area contributed by atoms with Gasteiger partial charge in [0.2, 0.25) is 0 Å². The molecule has 3 N–H and O–H groups in total. The first-order chi connectivity index (χ1) is 43.7. The lowest BCUT2D eigenvalue weighted by Crippen LogP contribution is -2.30. The van der Waals surface area contributed by atoms with Crippen LogP contribution in [0, 0.1) is 0 Å². The van der Waals surface area contributed by atoms with Gasteiger partial charge in [-0.3, -0.25) is 37.3 Å². The second kappa shape index (κ2) is 65.7. The molecule has 17 nitrogen and oxygen atoms in total. The number of ether oxygens (including phenoxy) is 4. The summed E-state index contributed by atoms with van der Waals surface area (Å²) in [6.45, 7) is 4.92. The number of unbranched alkanes of at least 4 members (excludes halogenated alkanes) is 46. The maximum absolute atomic E-state index is 13.0. The molecular formula is C71H138O17P2. The summed E-state index contributed by atoms with van der Waals surface area (Å²) in [5.74, 6) is -2.12. The summed E-state index contributed by atoms with van der Waals surface area (Å²) in [4.78, 5) is 72.4. The number of phosphoric ester groups is 2. The first kappa shape index (κ1) is 88.1. The first-order valence-corrected chi connectivity index (χ1v) is 40.3. The fourth-order valence-electron chi connectivity index (χ4n) is 10.9.